The Morgan fingerprint density at radius 1 is 1.12 bits per heavy atom. The van der Waals surface area contributed by atoms with Gasteiger partial charge in [-0.05, 0) is 51.2 Å². The van der Waals surface area contributed by atoms with Crippen LogP contribution in [0.25, 0.3) is 0 Å². The molecule has 0 aromatic heterocycles. The number of hydrogen-bond acceptors (Lipinski definition) is 4. The van der Waals surface area contributed by atoms with E-state index in [0.29, 0.717) is 11.5 Å². The quantitative estimate of drug-likeness (QED) is 0.799. The summed E-state index contributed by atoms with van der Waals surface area (Å²) in [5.74, 6) is 1.62. The van der Waals surface area contributed by atoms with Crippen LogP contribution in [0.15, 0.2) is 0 Å². The molecule has 0 aromatic carbocycles. The molecular formula is C12H24N2O2S. The van der Waals surface area contributed by atoms with Gasteiger partial charge in [0.2, 0.25) is 0 Å². The van der Waals surface area contributed by atoms with Gasteiger partial charge in [0.15, 0.2) is 9.84 Å². The van der Waals surface area contributed by atoms with E-state index in [1.807, 2.05) is 0 Å². The summed E-state index contributed by atoms with van der Waals surface area (Å²) >= 11 is 0. The van der Waals surface area contributed by atoms with E-state index >= 15 is 0 Å². The first-order chi connectivity index (χ1) is 8.16. The van der Waals surface area contributed by atoms with E-state index in [-0.39, 0.29) is 0 Å². The average molecular weight is 260 g/mol. The van der Waals surface area contributed by atoms with Crippen LogP contribution in [-0.2, 0) is 9.84 Å². The van der Waals surface area contributed by atoms with Crippen LogP contribution >= 0.6 is 0 Å². The first-order valence-electron chi connectivity index (χ1n) is 6.79. The van der Waals surface area contributed by atoms with Gasteiger partial charge in [-0.1, -0.05) is 0 Å². The van der Waals surface area contributed by atoms with Crippen LogP contribution in [-0.4, -0.2) is 57.5 Å². The monoisotopic (exact) mass is 260 g/mol. The molecule has 17 heavy (non-hydrogen) atoms. The summed E-state index contributed by atoms with van der Waals surface area (Å²) in [6.45, 7) is 4.92. The van der Waals surface area contributed by atoms with Crippen LogP contribution in [0.3, 0.4) is 0 Å². The molecule has 5 heteroatoms. The summed E-state index contributed by atoms with van der Waals surface area (Å²) in [7, 11) is -2.71. The molecule has 2 heterocycles. The second-order valence-electron chi connectivity index (χ2n) is 5.33. The van der Waals surface area contributed by atoms with Gasteiger partial charge in [0.1, 0.15) is 0 Å². The van der Waals surface area contributed by atoms with Crippen LogP contribution in [0.5, 0.6) is 0 Å². The zero-order chi connectivity index (χ0) is 12.1. The van der Waals surface area contributed by atoms with Gasteiger partial charge in [0.25, 0.3) is 0 Å². The Bertz CT molecular complexity index is 309. The predicted molar refractivity (Wildman–Crippen MR) is 69.9 cm³/mol. The topological polar surface area (TPSA) is 49.4 Å². The molecule has 2 saturated heterocycles. The van der Waals surface area contributed by atoms with Crippen LogP contribution in [0.2, 0.25) is 0 Å². The van der Waals surface area contributed by atoms with Crippen LogP contribution in [0.1, 0.15) is 25.7 Å². The minimum atomic E-state index is -2.71. The summed E-state index contributed by atoms with van der Waals surface area (Å²) in [6.07, 6.45) is 5.17. The Balaban J connectivity index is 1.59. The van der Waals surface area contributed by atoms with Crippen molar-refractivity contribution in [2.45, 2.75) is 25.7 Å². The number of nitrogens with one attached hydrogen (secondary N) is 1. The van der Waals surface area contributed by atoms with Gasteiger partial charge in [0.05, 0.1) is 11.5 Å². The van der Waals surface area contributed by atoms with Crippen molar-refractivity contribution in [1.82, 2.24) is 10.2 Å². The van der Waals surface area contributed by atoms with Crippen molar-refractivity contribution in [2.24, 2.45) is 5.92 Å². The third-order valence-electron chi connectivity index (χ3n) is 3.98. The fraction of sp³-hybridized carbons (Fsp3) is 1.00. The Morgan fingerprint density at radius 3 is 2.41 bits per heavy atom. The highest BCUT2D eigenvalue weighted by Gasteiger charge is 2.21. The summed E-state index contributed by atoms with van der Waals surface area (Å²) in [6, 6.07) is 0. The van der Waals surface area contributed by atoms with Crippen LogP contribution < -0.4 is 5.32 Å². The number of hydrogen-bond donors (Lipinski definition) is 1. The molecule has 2 rings (SSSR count). The van der Waals surface area contributed by atoms with E-state index in [9.17, 15) is 8.42 Å². The molecule has 0 atom stereocenters. The fourth-order valence-corrected chi connectivity index (χ4v) is 4.02. The lowest BCUT2D eigenvalue weighted by Gasteiger charge is -2.28. The third kappa shape index (κ3) is 4.56. The van der Waals surface area contributed by atoms with Crippen LogP contribution in [0, 0.1) is 5.92 Å². The maximum absolute atomic E-state index is 11.3. The van der Waals surface area contributed by atoms with E-state index in [1.54, 1.807) is 0 Å². The minimum Gasteiger partial charge on any atom is -0.317 e. The number of piperidine rings is 1. The van der Waals surface area contributed by atoms with Gasteiger partial charge in [-0.2, -0.15) is 0 Å². The molecule has 0 radical (unpaired) electrons. The highest BCUT2D eigenvalue weighted by atomic mass is 32.2. The summed E-state index contributed by atoms with van der Waals surface area (Å²) < 4.78 is 22.6. The lowest BCUT2D eigenvalue weighted by atomic mass is 9.93. The molecule has 1 N–H and O–H groups in total. The zero-order valence-electron chi connectivity index (χ0n) is 10.5. The highest BCUT2D eigenvalue weighted by molar-refractivity contribution is 7.91. The first-order valence-corrected chi connectivity index (χ1v) is 8.61. The standard InChI is InChI=1S/C12H24N2O2S/c15-17(16)10-8-14(9-11-17)7-1-2-12-3-5-13-6-4-12/h12-13H,1-11H2. The predicted octanol–water partition coefficient (Wildman–Crippen LogP) is 0.497. The molecule has 0 aromatic rings. The SMILES string of the molecule is O=S1(=O)CCN(CCCC2CCNCC2)CC1. The Hall–Kier alpha value is -0.130. The van der Waals surface area contributed by atoms with Gasteiger partial charge >= 0.3 is 0 Å². The van der Waals surface area contributed by atoms with Crippen molar-refractivity contribution in [3.63, 3.8) is 0 Å². The summed E-state index contributed by atoms with van der Waals surface area (Å²) in [4.78, 5) is 2.31. The summed E-state index contributed by atoms with van der Waals surface area (Å²) in [5, 5.41) is 3.39. The molecule has 0 aliphatic carbocycles. The smallest absolute Gasteiger partial charge is 0.152 e. The van der Waals surface area contributed by atoms with E-state index in [0.717, 1.165) is 25.6 Å². The van der Waals surface area contributed by atoms with Crippen molar-refractivity contribution in [2.75, 3.05) is 44.2 Å². The van der Waals surface area contributed by atoms with Crippen molar-refractivity contribution >= 4 is 9.84 Å². The fourth-order valence-electron chi connectivity index (χ4n) is 2.75. The Labute approximate surface area is 105 Å². The van der Waals surface area contributed by atoms with Crippen LogP contribution in [0.4, 0.5) is 0 Å². The maximum atomic E-state index is 11.3. The summed E-state index contributed by atoms with van der Waals surface area (Å²) in [5.41, 5.74) is 0. The molecule has 2 aliphatic rings. The molecular weight excluding hydrogens is 236 g/mol. The molecule has 0 saturated carbocycles. The lowest BCUT2D eigenvalue weighted by molar-refractivity contribution is 0.267. The number of sulfone groups is 1. The highest BCUT2D eigenvalue weighted by Crippen LogP contribution is 2.18. The largest absolute Gasteiger partial charge is 0.317 e. The van der Waals surface area contributed by atoms with Gasteiger partial charge in [-0.25, -0.2) is 8.42 Å². The zero-order valence-corrected chi connectivity index (χ0v) is 11.3. The van der Waals surface area contributed by atoms with E-state index in [1.165, 1.54) is 38.8 Å². The Kier molecular flexibility index (Phi) is 4.82. The Morgan fingerprint density at radius 2 is 1.76 bits per heavy atom. The van der Waals surface area contributed by atoms with Crippen molar-refractivity contribution < 1.29 is 8.42 Å². The lowest BCUT2D eigenvalue weighted by Crippen LogP contribution is -2.40. The van der Waals surface area contributed by atoms with Gasteiger partial charge in [-0.15, -0.1) is 0 Å². The molecule has 4 nitrogen and oxygen atoms in total. The van der Waals surface area contributed by atoms with Crippen molar-refractivity contribution in [1.29, 1.82) is 0 Å². The third-order valence-corrected chi connectivity index (χ3v) is 5.59. The number of nitrogens with zero attached hydrogens (tertiary/aromatic N) is 1. The van der Waals surface area contributed by atoms with Crippen molar-refractivity contribution in [3.05, 3.63) is 0 Å². The molecule has 100 valence electrons. The molecule has 0 spiro atoms. The van der Waals surface area contributed by atoms with Gasteiger partial charge < -0.3 is 10.2 Å². The van der Waals surface area contributed by atoms with E-state index < -0.39 is 9.84 Å². The normalized spacial score (nSPS) is 27.1. The van der Waals surface area contributed by atoms with E-state index in [4.69, 9.17) is 0 Å². The second kappa shape index (κ2) is 6.16. The molecule has 2 aliphatic heterocycles. The number of rotatable bonds is 4. The van der Waals surface area contributed by atoms with E-state index in [2.05, 4.69) is 10.2 Å². The van der Waals surface area contributed by atoms with Gasteiger partial charge in [-0.3, -0.25) is 0 Å². The minimum absolute atomic E-state index is 0.361. The molecule has 0 bridgehead atoms. The average Bonchev–Trinajstić information content (AvgIpc) is 2.33. The molecule has 0 amide bonds. The second-order valence-corrected chi connectivity index (χ2v) is 7.63. The molecule has 2 fully saturated rings. The molecule has 0 unspecified atom stereocenters. The maximum Gasteiger partial charge on any atom is 0.152 e. The van der Waals surface area contributed by atoms with Gasteiger partial charge in [0, 0.05) is 13.1 Å². The first kappa shape index (κ1) is 13.3. The van der Waals surface area contributed by atoms with Crippen molar-refractivity contribution in [3.8, 4) is 0 Å².